The number of anilines is 2. The molecule has 30 heavy (non-hydrogen) atoms. The third kappa shape index (κ3) is 4.06. The summed E-state index contributed by atoms with van der Waals surface area (Å²) in [5.74, 6) is 0.333. The molecule has 0 spiro atoms. The molecule has 0 bridgehead atoms. The molecule has 1 aliphatic rings. The second kappa shape index (κ2) is 7.91. The smallest absolute Gasteiger partial charge is 0.301 e. The Kier molecular flexibility index (Phi) is 5.67. The number of hydrogen-bond donors (Lipinski definition) is 1. The number of hydrogen-bond acceptors (Lipinski definition) is 7. The molecule has 0 saturated heterocycles. The predicted octanol–water partition coefficient (Wildman–Crippen LogP) is 5.32. The maximum Gasteiger partial charge on any atom is 0.301 e. The molecular formula is C20H22ClN5O4. The summed E-state index contributed by atoms with van der Waals surface area (Å²) in [5, 5.41) is 26.6. The van der Waals surface area contributed by atoms with Crippen molar-refractivity contribution in [2.24, 2.45) is 5.10 Å². The van der Waals surface area contributed by atoms with Crippen molar-refractivity contribution in [3.05, 3.63) is 66.7 Å². The summed E-state index contributed by atoms with van der Waals surface area (Å²) in [6.45, 7) is 6.55. The van der Waals surface area contributed by atoms with Crippen LogP contribution in [-0.2, 0) is 0 Å². The highest BCUT2D eigenvalue weighted by molar-refractivity contribution is 6.33. The van der Waals surface area contributed by atoms with Gasteiger partial charge in [0, 0.05) is 29.9 Å². The lowest BCUT2D eigenvalue weighted by Crippen LogP contribution is -2.45. The van der Waals surface area contributed by atoms with Crippen molar-refractivity contribution in [1.82, 2.24) is 0 Å². The number of nitrogens with zero attached hydrogens (tertiary/aromatic N) is 4. The molecule has 0 amide bonds. The van der Waals surface area contributed by atoms with Crippen molar-refractivity contribution < 1.29 is 9.85 Å². The second-order valence-electron chi connectivity index (χ2n) is 7.99. The fourth-order valence-corrected chi connectivity index (χ4v) is 3.96. The van der Waals surface area contributed by atoms with E-state index in [4.69, 9.17) is 11.6 Å². The number of nitrogens with one attached hydrogen (secondary N) is 1. The van der Waals surface area contributed by atoms with E-state index in [0.717, 1.165) is 23.7 Å². The van der Waals surface area contributed by atoms with Crippen LogP contribution >= 0.6 is 11.6 Å². The van der Waals surface area contributed by atoms with Crippen LogP contribution < -0.4 is 10.3 Å². The van der Waals surface area contributed by atoms with Gasteiger partial charge < -0.3 is 4.90 Å². The SMILES string of the molecule is CC1CC(C)(C)N(C)c2cc(Cl)c(/C=N/Nc3ccc([N+](=O)[O-])cc3[N+](=O)[O-])cc21. The van der Waals surface area contributed by atoms with Gasteiger partial charge in [-0.25, -0.2) is 0 Å². The average Bonchev–Trinajstić information content (AvgIpc) is 2.66. The second-order valence-corrected chi connectivity index (χ2v) is 8.40. The predicted molar refractivity (Wildman–Crippen MR) is 118 cm³/mol. The van der Waals surface area contributed by atoms with Gasteiger partial charge in [0.05, 0.1) is 27.2 Å². The van der Waals surface area contributed by atoms with E-state index in [0.29, 0.717) is 16.5 Å². The first-order chi connectivity index (χ1) is 14.0. The third-order valence-corrected chi connectivity index (χ3v) is 5.86. The lowest BCUT2D eigenvalue weighted by atomic mass is 9.80. The minimum Gasteiger partial charge on any atom is -0.369 e. The van der Waals surface area contributed by atoms with Crippen molar-refractivity contribution >= 4 is 40.6 Å². The number of hydrazone groups is 1. The van der Waals surface area contributed by atoms with Crippen molar-refractivity contribution in [2.75, 3.05) is 17.4 Å². The van der Waals surface area contributed by atoms with E-state index >= 15 is 0 Å². The number of halogens is 1. The highest BCUT2D eigenvalue weighted by Gasteiger charge is 2.34. The summed E-state index contributed by atoms with van der Waals surface area (Å²) in [6.07, 6.45) is 2.47. The Morgan fingerprint density at radius 2 is 1.93 bits per heavy atom. The molecule has 1 aliphatic heterocycles. The summed E-state index contributed by atoms with van der Waals surface area (Å²) in [7, 11) is 2.05. The quantitative estimate of drug-likeness (QED) is 0.389. The Balaban J connectivity index is 1.89. The molecule has 1 heterocycles. The number of nitro groups is 2. The Morgan fingerprint density at radius 1 is 1.23 bits per heavy atom. The topological polar surface area (TPSA) is 114 Å². The van der Waals surface area contributed by atoms with Gasteiger partial charge in [0.1, 0.15) is 5.69 Å². The summed E-state index contributed by atoms with van der Waals surface area (Å²) in [4.78, 5) is 22.9. The van der Waals surface area contributed by atoms with Gasteiger partial charge in [0.25, 0.3) is 5.69 Å². The molecule has 1 atom stereocenters. The molecule has 0 aliphatic carbocycles. The maximum atomic E-state index is 11.2. The van der Waals surface area contributed by atoms with Crippen LogP contribution in [0.5, 0.6) is 0 Å². The zero-order chi connectivity index (χ0) is 22.2. The minimum absolute atomic E-state index is 0.0156. The first-order valence-corrected chi connectivity index (χ1v) is 9.68. The third-order valence-electron chi connectivity index (χ3n) is 5.53. The average molecular weight is 432 g/mol. The molecule has 2 aromatic carbocycles. The van der Waals surface area contributed by atoms with Crippen LogP contribution in [0.3, 0.4) is 0 Å². The molecule has 0 fully saturated rings. The Bertz CT molecular complexity index is 1050. The zero-order valence-electron chi connectivity index (χ0n) is 17.0. The summed E-state index contributed by atoms with van der Waals surface area (Å²) < 4.78 is 0. The minimum atomic E-state index is -0.698. The number of non-ortho nitro benzene ring substituents is 1. The van der Waals surface area contributed by atoms with E-state index in [2.05, 4.69) is 36.2 Å². The van der Waals surface area contributed by atoms with E-state index in [9.17, 15) is 20.2 Å². The van der Waals surface area contributed by atoms with Crippen molar-refractivity contribution in [3.63, 3.8) is 0 Å². The Morgan fingerprint density at radius 3 is 2.57 bits per heavy atom. The highest BCUT2D eigenvalue weighted by Crippen LogP contribution is 2.44. The normalized spacial score (nSPS) is 17.6. The maximum absolute atomic E-state index is 11.2. The Labute approximate surface area is 178 Å². The number of rotatable bonds is 5. The van der Waals surface area contributed by atoms with Crippen LogP contribution in [0.1, 0.15) is 44.2 Å². The summed E-state index contributed by atoms with van der Waals surface area (Å²) in [5.41, 5.74) is 4.75. The summed E-state index contributed by atoms with van der Waals surface area (Å²) in [6, 6.07) is 7.20. The highest BCUT2D eigenvalue weighted by atomic mass is 35.5. The van der Waals surface area contributed by atoms with Crippen molar-refractivity contribution in [2.45, 2.75) is 38.6 Å². The Hall–Kier alpha value is -3.20. The van der Waals surface area contributed by atoms with Gasteiger partial charge in [-0.05, 0) is 49.9 Å². The van der Waals surface area contributed by atoms with Gasteiger partial charge in [0.15, 0.2) is 0 Å². The van der Waals surface area contributed by atoms with Gasteiger partial charge in [-0.2, -0.15) is 5.10 Å². The number of benzene rings is 2. The van der Waals surface area contributed by atoms with Crippen molar-refractivity contribution in [1.29, 1.82) is 0 Å². The van der Waals surface area contributed by atoms with E-state index in [1.54, 1.807) is 0 Å². The monoisotopic (exact) mass is 431 g/mol. The molecular weight excluding hydrogens is 410 g/mol. The van der Waals surface area contributed by atoms with E-state index < -0.39 is 15.5 Å². The first-order valence-electron chi connectivity index (χ1n) is 9.30. The lowest BCUT2D eigenvalue weighted by Gasteiger charge is -2.45. The molecule has 0 saturated carbocycles. The molecule has 10 heteroatoms. The van der Waals surface area contributed by atoms with Gasteiger partial charge in [-0.3, -0.25) is 25.7 Å². The van der Waals surface area contributed by atoms with E-state index in [1.165, 1.54) is 18.3 Å². The van der Waals surface area contributed by atoms with Gasteiger partial charge in [-0.1, -0.05) is 18.5 Å². The molecule has 0 aromatic heterocycles. The standard InChI is InChI=1S/C20H22ClN5O4/c1-12-10-20(2,3)24(4)18-9-16(21)13(7-15(12)18)11-22-23-17-6-5-14(25(27)28)8-19(17)26(29)30/h5-9,11-12,23H,10H2,1-4H3/b22-11+. The molecule has 158 valence electrons. The van der Waals surface area contributed by atoms with E-state index in [1.807, 2.05) is 19.2 Å². The summed E-state index contributed by atoms with van der Waals surface area (Å²) >= 11 is 6.46. The van der Waals surface area contributed by atoms with Crippen molar-refractivity contribution in [3.8, 4) is 0 Å². The van der Waals surface area contributed by atoms with Crippen LogP contribution in [-0.4, -0.2) is 28.6 Å². The number of nitro benzene ring substituents is 2. The van der Waals surface area contributed by atoms with Gasteiger partial charge >= 0.3 is 5.69 Å². The molecule has 9 nitrogen and oxygen atoms in total. The molecule has 2 aromatic rings. The molecule has 1 unspecified atom stereocenters. The number of fused-ring (bicyclic) bond motifs is 1. The van der Waals surface area contributed by atoms with Crippen LogP contribution in [0.4, 0.5) is 22.7 Å². The van der Waals surface area contributed by atoms with Gasteiger partial charge in [-0.15, -0.1) is 0 Å². The lowest BCUT2D eigenvalue weighted by molar-refractivity contribution is -0.393. The van der Waals surface area contributed by atoms with Crippen LogP contribution in [0.25, 0.3) is 0 Å². The molecule has 3 rings (SSSR count). The van der Waals surface area contributed by atoms with Crippen LogP contribution in [0, 0.1) is 20.2 Å². The fraction of sp³-hybridized carbons (Fsp3) is 0.350. The fourth-order valence-electron chi connectivity index (χ4n) is 3.75. The molecule has 1 N–H and O–H groups in total. The van der Waals surface area contributed by atoms with Crippen LogP contribution in [0.2, 0.25) is 5.02 Å². The van der Waals surface area contributed by atoms with E-state index in [-0.39, 0.29) is 16.9 Å². The largest absolute Gasteiger partial charge is 0.369 e. The zero-order valence-corrected chi connectivity index (χ0v) is 17.8. The first kappa shape index (κ1) is 21.5. The van der Waals surface area contributed by atoms with Crippen LogP contribution in [0.15, 0.2) is 35.4 Å². The molecule has 0 radical (unpaired) electrons. The van der Waals surface area contributed by atoms with Gasteiger partial charge in [0.2, 0.25) is 0 Å².